The predicted molar refractivity (Wildman–Crippen MR) is 127 cm³/mol. The quantitative estimate of drug-likeness (QED) is 0.377. The molecule has 2 aromatic carbocycles. The van der Waals surface area contributed by atoms with E-state index in [1.54, 1.807) is 12.1 Å². The molecule has 2 aromatic heterocycles. The summed E-state index contributed by atoms with van der Waals surface area (Å²) in [6, 6.07) is 16.5. The summed E-state index contributed by atoms with van der Waals surface area (Å²) in [5.41, 5.74) is 2.74. The minimum Gasteiger partial charge on any atom is -0.402 e. The summed E-state index contributed by atoms with van der Waals surface area (Å²) < 4.78 is 45.4. The number of aliphatic imine (C=N–C) groups is 1. The third-order valence-corrected chi connectivity index (χ3v) is 6.99. The molecule has 2 N–H and O–H groups in total. The molecule has 1 atom stereocenters. The zero-order chi connectivity index (χ0) is 24.9. The average Bonchev–Trinajstić information content (AvgIpc) is 3.46. The molecule has 0 bridgehead atoms. The van der Waals surface area contributed by atoms with Crippen molar-refractivity contribution in [3.8, 4) is 11.6 Å². The maximum atomic E-state index is 13.3. The van der Waals surface area contributed by atoms with Crippen molar-refractivity contribution in [2.24, 2.45) is 4.99 Å². The number of hydrogen-bond acceptors (Lipinski definition) is 8. The van der Waals surface area contributed by atoms with Crippen LogP contribution in [0.5, 0.6) is 0 Å². The molecule has 3 heterocycles. The summed E-state index contributed by atoms with van der Waals surface area (Å²) >= 11 is 0.601. The third-order valence-electron chi connectivity index (χ3n) is 5.73. The molecule has 0 radical (unpaired) electrons. The van der Waals surface area contributed by atoms with Gasteiger partial charge in [-0.3, -0.25) is 4.79 Å². The topological polar surface area (TPSA) is 105 Å². The molecule has 1 saturated carbocycles. The largest absolute Gasteiger partial charge is 0.443 e. The van der Waals surface area contributed by atoms with E-state index in [1.807, 2.05) is 42.5 Å². The Morgan fingerprint density at radius 3 is 2.53 bits per heavy atom. The molecular weight excluding hydrogens is 493 g/mol. The maximum absolute atomic E-state index is 13.3. The van der Waals surface area contributed by atoms with Crippen molar-refractivity contribution in [1.82, 2.24) is 15.2 Å². The van der Waals surface area contributed by atoms with Crippen LogP contribution >= 0.6 is 11.3 Å². The van der Waals surface area contributed by atoms with Gasteiger partial charge in [0.2, 0.25) is 6.17 Å². The van der Waals surface area contributed by atoms with Crippen molar-refractivity contribution < 1.29 is 22.4 Å². The standard InChI is InChI=1S/C24H17F3N6O2S/c25-24(26,27)22-30-17(18(36-22)13-10-11-13)21-32-33-23(35-21)31-19-20(34)28-15-9-5-4-8-14(15)16(29-19)12-6-2-1-3-7-12/h1-9,13,19H,10-11H2,(H,28,34)(H,31,33)/t19-/m1/s1. The van der Waals surface area contributed by atoms with Gasteiger partial charge in [-0.1, -0.05) is 53.6 Å². The van der Waals surface area contributed by atoms with Crippen LogP contribution in [0.25, 0.3) is 11.6 Å². The fourth-order valence-electron chi connectivity index (χ4n) is 3.90. The number of aromatic nitrogens is 3. The van der Waals surface area contributed by atoms with Gasteiger partial charge in [-0.05, 0) is 24.8 Å². The summed E-state index contributed by atoms with van der Waals surface area (Å²) in [7, 11) is 0. The molecular formula is C24H17F3N6O2S. The molecule has 1 aliphatic heterocycles. The normalized spacial score (nSPS) is 17.7. The van der Waals surface area contributed by atoms with Gasteiger partial charge >= 0.3 is 12.2 Å². The second-order valence-corrected chi connectivity index (χ2v) is 9.37. The summed E-state index contributed by atoms with van der Waals surface area (Å²) in [6.45, 7) is 0. The first-order valence-electron chi connectivity index (χ1n) is 11.1. The summed E-state index contributed by atoms with van der Waals surface area (Å²) in [5, 5.41) is 12.5. The number of halogens is 3. The van der Waals surface area contributed by atoms with Crippen LogP contribution in [-0.4, -0.2) is 33.0 Å². The lowest BCUT2D eigenvalue weighted by molar-refractivity contribution is -0.137. The van der Waals surface area contributed by atoms with Gasteiger partial charge in [0.25, 0.3) is 11.8 Å². The number of thiazole rings is 1. The monoisotopic (exact) mass is 510 g/mol. The van der Waals surface area contributed by atoms with Crippen molar-refractivity contribution >= 4 is 34.7 Å². The Morgan fingerprint density at radius 1 is 1.03 bits per heavy atom. The van der Waals surface area contributed by atoms with Crippen molar-refractivity contribution in [3.05, 3.63) is 75.6 Å². The Balaban J connectivity index is 1.34. The van der Waals surface area contributed by atoms with Crippen LogP contribution in [0.2, 0.25) is 0 Å². The molecule has 4 aromatic rings. The van der Waals surface area contributed by atoms with Crippen LogP contribution in [0.1, 0.15) is 39.8 Å². The third kappa shape index (κ3) is 4.24. The van der Waals surface area contributed by atoms with E-state index in [4.69, 9.17) is 4.42 Å². The number of nitrogens with zero attached hydrogens (tertiary/aromatic N) is 4. The van der Waals surface area contributed by atoms with Crippen LogP contribution in [0.15, 0.2) is 64.0 Å². The average molecular weight is 511 g/mol. The van der Waals surface area contributed by atoms with E-state index in [9.17, 15) is 18.0 Å². The number of rotatable bonds is 5. The summed E-state index contributed by atoms with van der Waals surface area (Å²) in [6.07, 6.45) is -4.13. The van der Waals surface area contributed by atoms with E-state index < -0.39 is 23.3 Å². The number of carbonyl (C=O) groups is 1. The van der Waals surface area contributed by atoms with E-state index in [-0.39, 0.29) is 23.5 Å². The molecule has 8 nitrogen and oxygen atoms in total. The van der Waals surface area contributed by atoms with Gasteiger partial charge < -0.3 is 15.1 Å². The van der Waals surface area contributed by atoms with E-state index in [0.29, 0.717) is 27.6 Å². The Hall–Kier alpha value is -4.06. The minimum atomic E-state index is -4.57. The molecule has 1 amide bonds. The summed E-state index contributed by atoms with van der Waals surface area (Å²) in [4.78, 5) is 21.9. The molecule has 6 rings (SSSR count). The highest BCUT2D eigenvalue weighted by atomic mass is 32.1. The Labute approximate surface area is 206 Å². The lowest BCUT2D eigenvalue weighted by Gasteiger charge is -2.11. The molecule has 2 aliphatic rings. The number of anilines is 2. The van der Waals surface area contributed by atoms with Crippen molar-refractivity contribution in [3.63, 3.8) is 0 Å². The van der Waals surface area contributed by atoms with Gasteiger partial charge in [0.05, 0.1) is 11.4 Å². The van der Waals surface area contributed by atoms with Gasteiger partial charge in [0, 0.05) is 16.0 Å². The second kappa shape index (κ2) is 8.55. The van der Waals surface area contributed by atoms with Crippen molar-refractivity contribution in [2.75, 3.05) is 10.6 Å². The summed E-state index contributed by atoms with van der Waals surface area (Å²) in [5.74, 6) is -0.600. The zero-order valence-electron chi connectivity index (χ0n) is 18.4. The molecule has 0 saturated heterocycles. The molecule has 0 spiro atoms. The van der Waals surface area contributed by atoms with Gasteiger partial charge in [-0.25, -0.2) is 9.98 Å². The van der Waals surface area contributed by atoms with Crippen LogP contribution in [0, 0.1) is 0 Å². The number of fused-ring (bicyclic) bond motifs is 1. The van der Waals surface area contributed by atoms with E-state index >= 15 is 0 Å². The number of nitrogens with one attached hydrogen (secondary N) is 2. The van der Waals surface area contributed by atoms with Crippen LogP contribution < -0.4 is 10.6 Å². The fourth-order valence-corrected chi connectivity index (χ4v) is 5.00. The van der Waals surface area contributed by atoms with E-state index in [2.05, 4.69) is 30.8 Å². The highest BCUT2D eigenvalue weighted by Crippen LogP contribution is 2.49. The number of carbonyl (C=O) groups excluding carboxylic acids is 1. The van der Waals surface area contributed by atoms with E-state index in [0.717, 1.165) is 24.0 Å². The van der Waals surface area contributed by atoms with Crippen molar-refractivity contribution in [1.29, 1.82) is 0 Å². The first-order valence-corrected chi connectivity index (χ1v) is 11.9. The van der Waals surface area contributed by atoms with Gasteiger partial charge in [-0.2, -0.15) is 13.2 Å². The highest BCUT2D eigenvalue weighted by molar-refractivity contribution is 7.12. The highest BCUT2D eigenvalue weighted by Gasteiger charge is 2.40. The fraction of sp³-hybridized carbons (Fsp3) is 0.208. The number of para-hydroxylation sites is 1. The Bertz CT molecular complexity index is 1480. The number of benzene rings is 2. The van der Waals surface area contributed by atoms with Gasteiger partial charge in [-0.15, -0.1) is 16.4 Å². The zero-order valence-corrected chi connectivity index (χ0v) is 19.2. The number of benzodiazepines with no additional fused rings is 1. The SMILES string of the molecule is O=C1Nc2ccccc2C(c2ccccc2)=N[C@@H]1Nc1nnc(-c2nc(C(F)(F)F)sc2C2CC2)o1. The number of hydrogen-bond donors (Lipinski definition) is 2. The van der Waals surface area contributed by atoms with Crippen molar-refractivity contribution in [2.45, 2.75) is 31.1 Å². The number of amides is 1. The molecule has 0 unspecified atom stereocenters. The second-order valence-electron chi connectivity index (χ2n) is 8.34. The van der Waals surface area contributed by atoms with Crippen LogP contribution in [0.4, 0.5) is 24.9 Å². The lowest BCUT2D eigenvalue weighted by Crippen LogP contribution is -2.32. The smallest absolute Gasteiger partial charge is 0.402 e. The first kappa shape index (κ1) is 22.4. The Morgan fingerprint density at radius 2 is 1.78 bits per heavy atom. The van der Waals surface area contributed by atoms with Gasteiger partial charge in [0.1, 0.15) is 5.69 Å². The molecule has 1 fully saturated rings. The maximum Gasteiger partial charge on any atom is 0.443 e. The molecule has 1 aliphatic carbocycles. The predicted octanol–water partition coefficient (Wildman–Crippen LogP) is 5.32. The lowest BCUT2D eigenvalue weighted by atomic mass is 10.0. The van der Waals surface area contributed by atoms with Crippen LogP contribution in [-0.2, 0) is 11.0 Å². The first-order chi connectivity index (χ1) is 17.4. The number of alkyl halides is 3. The molecule has 36 heavy (non-hydrogen) atoms. The Kier molecular flexibility index (Phi) is 5.32. The van der Waals surface area contributed by atoms with Crippen LogP contribution in [0.3, 0.4) is 0 Å². The molecule has 182 valence electrons. The van der Waals surface area contributed by atoms with E-state index in [1.165, 1.54) is 0 Å². The van der Waals surface area contributed by atoms with Gasteiger partial charge in [0.15, 0.2) is 5.01 Å². The molecule has 12 heteroatoms. The minimum absolute atomic E-state index is 0.000999.